The summed E-state index contributed by atoms with van der Waals surface area (Å²) in [6, 6.07) is 0. The van der Waals surface area contributed by atoms with Crippen LogP contribution in [0.25, 0.3) is 0 Å². The van der Waals surface area contributed by atoms with Crippen LogP contribution in [0, 0.1) is 0 Å². The van der Waals surface area contributed by atoms with Gasteiger partial charge in [-0.15, -0.1) is 26.3 Å². The van der Waals surface area contributed by atoms with Crippen LogP contribution in [0.2, 0.25) is 0 Å². The van der Waals surface area contributed by atoms with Gasteiger partial charge >= 0.3 is 0 Å². The lowest BCUT2D eigenvalue weighted by molar-refractivity contribution is -0.134. The Morgan fingerprint density at radius 1 is 1.08 bits per heavy atom. The van der Waals surface area contributed by atoms with E-state index in [-0.39, 0.29) is 0 Å². The molecule has 1 N–H and O–H groups in total. The number of hydrogen-bond donors (Lipinski definition) is 1. The Bertz CT molecular complexity index is 94.4. The quantitative estimate of drug-likeness (QED) is 0.485. The number of carboxylic acid groups (broad SMARTS) is 1. The minimum Gasteiger partial charge on any atom is -0.481 e. The molecule has 0 aliphatic heterocycles. The second-order valence-electron chi connectivity index (χ2n) is 0.990. The first-order chi connectivity index (χ1) is 5.65. The second-order valence-corrected chi connectivity index (χ2v) is 0.990. The predicted molar refractivity (Wildman–Crippen MR) is 56.2 cm³/mol. The summed E-state index contributed by atoms with van der Waals surface area (Å²) in [5.41, 5.74) is 0. The first kappa shape index (κ1) is 22.4. The van der Waals surface area contributed by atoms with Gasteiger partial charge in [-0.25, -0.2) is 0 Å². The fourth-order valence-corrected chi connectivity index (χ4v) is 0. The Labute approximate surface area is 75.2 Å². The van der Waals surface area contributed by atoms with Crippen molar-refractivity contribution < 1.29 is 9.90 Å². The van der Waals surface area contributed by atoms with Crippen LogP contribution in [-0.4, -0.2) is 11.1 Å². The number of aliphatic carboxylic acids is 1. The molecule has 0 unspecified atom stereocenters. The molecule has 2 nitrogen and oxygen atoms in total. The summed E-state index contributed by atoms with van der Waals surface area (Å²) < 4.78 is 0. The Kier molecular flexibility index (Phi) is 106. The molecule has 0 saturated carbocycles. The zero-order chi connectivity index (χ0) is 11.0. The SMILES string of the molecule is C=C.C=C.C=CC=C.CC(=O)O. The molecule has 2 heteroatoms. The molecule has 0 aliphatic rings. The summed E-state index contributed by atoms with van der Waals surface area (Å²) in [6.07, 6.45) is 3.28. The van der Waals surface area contributed by atoms with Crippen LogP contribution in [0.1, 0.15) is 6.92 Å². The summed E-state index contributed by atoms with van der Waals surface area (Å²) >= 11 is 0. The maximum atomic E-state index is 9.00. The Morgan fingerprint density at radius 2 is 1.17 bits per heavy atom. The van der Waals surface area contributed by atoms with Crippen molar-refractivity contribution in [2.75, 3.05) is 0 Å². The van der Waals surface area contributed by atoms with Crippen molar-refractivity contribution in [1.29, 1.82) is 0 Å². The van der Waals surface area contributed by atoms with Gasteiger partial charge in [-0.1, -0.05) is 25.3 Å². The fourth-order valence-electron chi connectivity index (χ4n) is 0. The van der Waals surface area contributed by atoms with Crippen LogP contribution >= 0.6 is 0 Å². The zero-order valence-corrected chi connectivity index (χ0v) is 7.75. The van der Waals surface area contributed by atoms with Crippen molar-refractivity contribution in [3.05, 3.63) is 51.6 Å². The van der Waals surface area contributed by atoms with Crippen LogP contribution in [-0.2, 0) is 4.79 Å². The fraction of sp³-hybridized carbons (Fsp3) is 0.100. The van der Waals surface area contributed by atoms with Crippen molar-refractivity contribution in [3.8, 4) is 0 Å². The van der Waals surface area contributed by atoms with E-state index in [0.29, 0.717) is 0 Å². The topological polar surface area (TPSA) is 37.3 Å². The molecule has 0 aliphatic carbocycles. The van der Waals surface area contributed by atoms with Crippen molar-refractivity contribution in [3.63, 3.8) is 0 Å². The van der Waals surface area contributed by atoms with Crippen LogP contribution in [0.4, 0.5) is 0 Å². The third-order valence-electron chi connectivity index (χ3n) is 0.167. The highest BCUT2D eigenvalue weighted by molar-refractivity contribution is 5.62. The molecule has 0 bridgehead atoms. The molecular weight excluding hydrogens is 152 g/mol. The number of allylic oxidation sites excluding steroid dienone is 2. The molecule has 0 heterocycles. The summed E-state index contributed by atoms with van der Waals surface area (Å²) in [7, 11) is 0. The van der Waals surface area contributed by atoms with Gasteiger partial charge in [0, 0.05) is 6.92 Å². The maximum absolute atomic E-state index is 9.00. The van der Waals surface area contributed by atoms with E-state index in [2.05, 4.69) is 39.5 Å². The van der Waals surface area contributed by atoms with Gasteiger partial charge in [0.05, 0.1) is 0 Å². The molecule has 0 saturated heterocycles. The number of carboxylic acids is 1. The molecule has 70 valence electrons. The lowest BCUT2D eigenvalue weighted by Crippen LogP contribution is -1.78. The number of carbonyl (C=O) groups is 1. The van der Waals surface area contributed by atoms with Crippen LogP contribution in [0.5, 0.6) is 0 Å². The zero-order valence-electron chi connectivity index (χ0n) is 7.75. The van der Waals surface area contributed by atoms with E-state index < -0.39 is 5.97 Å². The summed E-state index contributed by atoms with van der Waals surface area (Å²) in [6.45, 7) is 19.8. The third kappa shape index (κ3) is 1430. The number of hydrogen-bond acceptors (Lipinski definition) is 1. The summed E-state index contributed by atoms with van der Waals surface area (Å²) in [5, 5.41) is 7.42. The minimum atomic E-state index is -0.833. The highest BCUT2D eigenvalue weighted by Gasteiger charge is 1.65. The summed E-state index contributed by atoms with van der Waals surface area (Å²) in [4.78, 5) is 9.00. The highest BCUT2D eigenvalue weighted by Crippen LogP contribution is 1.52. The van der Waals surface area contributed by atoms with Crippen molar-refractivity contribution in [2.45, 2.75) is 6.92 Å². The monoisotopic (exact) mass is 170 g/mol. The van der Waals surface area contributed by atoms with Gasteiger partial charge in [-0.2, -0.15) is 0 Å². The average Bonchev–Trinajstić information content (AvgIpc) is 2.10. The van der Waals surface area contributed by atoms with Gasteiger partial charge in [0.25, 0.3) is 5.97 Å². The normalized spacial score (nSPS) is 4.42. The van der Waals surface area contributed by atoms with Crippen LogP contribution in [0.15, 0.2) is 51.6 Å². The van der Waals surface area contributed by atoms with Crippen molar-refractivity contribution in [2.24, 2.45) is 0 Å². The third-order valence-corrected chi connectivity index (χ3v) is 0.167. The van der Waals surface area contributed by atoms with Gasteiger partial charge in [0.15, 0.2) is 0 Å². The first-order valence-electron chi connectivity index (χ1n) is 3.08. The number of rotatable bonds is 1. The Hall–Kier alpha value is -1.57. The molecule has 0 aromatic carbocycles. The van der Waals surface area contributed by atoms with E-state index in [1.807, 2.05) is 0 Å². The van der Waals surface area contributed by atoms with Gasteiger partial charge in [-0.05, 0) is 0 Å². The second kappa shape index (κ2) is 57.0. The van der Waals surface area contributed by atoms with E-state index in [1.54, 1.807) is 12.2 Å². The molecule has 0 rings (SSSR count). The molecule has 0 fully saturated rings. The Balaban J connectivity index is -0.0000000380. The molecular formula is C10H18O2. The largest absolute Gasteiger partial charge is 0.481 e. The molecule has 0 amide bonds. The van der Waals surface area contributed by atoms with Crippen LogP contribution in [0.3, 0.4) is 0 Å². The molecule has 12 heavy (non-hydrogen) atoms. The summed E-state index contributed by atoms with van der Waals surface area (Å²) in [5.74, 6) is -0.833. The van der Waals surface area contributed by atoms with E-state index in [4.69, 9.17) is 9.90 Å². The van der Waals surface area contributed by atoms with Crippen LogP contribution < -0.4 is 0 Å². The first-order valence-corrected chi connectivity index (χ1v) is 3.08. The standard InChI is InChI=1S/C4H6.C2H4O2.2C2H4/c1-3-4-2;1-2(3)4;2*1-2/h3-4H,1-2H2;1H3,(H,3,4);2*1-2H2. The molecule has 0 spiro atoms. The van der Waals surface area contributed by atoms with Gasteiger partial charge in [0.1, 0.15) is 0 Å². The Morgan fingerprint density at radius 3 is 1.17 bits per heavy atom. The van der Waals surface area contributed by atoms with Crippen molar-refractivity contribution in [1.82, 2.24) is 0 Å². The smallest absolute Gasteiger partial charge is 0.300 e. The van der Waals surface area contributed by atoms with E-state index in [1.165, 1.54) is 0 Å². The van der Waals surface area contributed by atoms with Gasteiger partial charge in [-0.3, -0.25) is 4.79 Å². The molecule has 0 radical (unpaired) electrons. The molecule has 0 aromatic rings. The van der Waals surface area contributed by atoms with Crippen molar-refractivity contribution >= 4 is 5.97 Å². The van der Waals surface area contributed by atoms with E-state index in [0.717, 1.165) is 6.92 Å². The van der Waals surface area contributed by atoms with Gasteiger partial charge < -0.3 is 5.11 Å². The maximum Gasteiger partial charge on any atom is 0.300 e. The lowest BCUT2D eigenvalue weighted by atomic mass is 10.6. The van der Waals surface area contributed by atoms with Gasteiger partial charge in [0.2, 0.25) is 0 Å². The van der Waals surface area contributed by atoms with E-state index in [9.17, 15) is 0 Å². The molecule has 0 aromatic heterocycles. The predicted octanol–water partition coefficient (Wildman–Crippen LogP) is 3.05. The van der Waals surface area contributed by atoms with E-state index >= 15 is 0 Å². The highest BCUT2D eigenvalue weighted by atomic mass is 16.4. The average molecular weight is 170 g/mol. The minimum absolute atomic E-state index is 0.833. The lowest BCUT2D eigenvalue weighted by Gasteiger charge is -1.59. The molecule has 0 atom stereocenters.